The molecular weight excluding hydrogens is 462 g/mol. The molecule has 5 nitrogen and oxygen atoms in total. The molecule has 3 aromatic carbocycles. The van der Waals surface area contributed by atoms with Gasteiger partial charge in [0.25, 0.3) is 5.91 Å². The Morgan fingerprint density at radius 3 is 2.50 bits per heavy atom. The van der Waals surface area contributed by atoms with Gasteiger partial charge in [0.2, 0.25) is 0 Å². The molecule has 0 N–H and O–H groups in total. The van der Waals surface area contributed by atoms with Crippen molar-refractivity contribution in [2.75, 3.05) is 39.2 Å². The predicted molar refractivity (Wildman–Crippen MR) is 128 cm³/mol. The third-order valence-corrected chi connectivity index (χ3v) is 6.42. The molecule has 30 heavy (non-hydrogen) atoms. The number of hydrogen-bond acceptors (Lipinski definition) is 5. The SMILES string of the molecule is COc1cc2ccccc2cc1C(=O)N(CCN(C)C)c1nc2ccc(Br)cc2s1. The van der Waals surface area contributed by atoms with Crippen LogP contribution in [-0.2, 0) is 0 Å². The number of nitrogens with zero attached hydrogens (tertiary/aromatic N) is 3. The minimum absolute atomic E-state index is 0.113. The number of amides is 1. The van der Waals surface area contributed by atoms with E-state index in [9.17, 15) is 4.79 Å². The molecule has 0 unspecified atom stereocenters. The molecule has 4 aromatic rings. The first-order valence-electron chi connectivity index (χ1n) is 9.56. The minimum atomic E-state index is -0.113. The van der Waals surface area contributed by atoms with Crippen molar-refractivity contribution in [1.29, 1.82) is 0 Å². The summed E-state index contributed by atoms with van der Waals surface area (Å²) in [4.78, 5) is 22.3. The van der Waals surface area contributed by atoms with Crippen LogP contribution in [0.4, 0.5) is 5.13 Å². The van der Waals surface area contributed by atoms with Gasteiger partial charge in [0, 0.05) is 17.6 Å². The zero-order valence-corrected chi connectivity index (χ0v) is 19.5. The molecule has 1 aromatic heterocycles. The van der Waals surface area contributed by atoms with E-state index in [1.165, 1.54) is 11.3 Å². The topological polar surface area (TPSA) is 45.7 Å². The van der Waals surface area contributed by atoms with E-state index in [2.05, 4.69) is 20.8 Å². The van der Waals surface area contributed by atoms with Crippen molar-refractivity contribution >= 4 is 59.3 Å². The summed E-state index contributed by atoms with van der Waals surface area (Å²) in [7, 11) is 5.59. The number of likely N-dealkylation sites (N-methyl/N-ethyl adjacent to an activating group) is 1. The van der Waals surface area contributed by atoms with Crippen molar-refractivity contribution in [1.82, 2.24) is 9.88 Å². The van der Waals surface area contributed by atoms with E-state index in [1.807, 2.05) is 68.7 Å². The lowest BCUT2D eigenvalue weighted by molar-refractivity contribution is 0.0982. The van der Waals surface area contributed by atoms with Gasteiger partial charge in [-0.1, -0.05) is 51.5 Å². The highest BCUT2D eigenvalue weighted by molar-refractivity contribution is 9.10. The van der Waals surface area contributed by atoms with E-state index in [1.54, 1.807) is 12.0 Å². The predicted octanol–water partition coefficient (Wildman–Crippen LogP) is 5.43. The lowest BCUT2D eigenvalue weighted by Gasteiger charge is -2.23. The highest BCUT2D eigenvalue weighted by Gasteiger charge is 2.24. The largest absolute Gasteiger partial charge is 0.496 e. The Morgan fingerprint density at radius 1 is 1.07 bits per heavy atom. The van der Waals surface area contributed by atoms with Crippen LogP contribution in [0.1, 0.15) is 10.4 Å². The molecule has 1 heterocycles. The van der Waals surface area contributed by atoms with Crippen LogP contribution in [0, 0.1) is 0 Å². The highest BCUT2D eigenvalue weighted by atomic mass is 79.9. The van der Waals surface area contributed by atoms with Gasteiger partial charge in [-0.3, -0.25) is 9.69 Å². The number of thiazole rings is 1. The molecule has 0 spiro atoms. The Morgan fingerprint density at radius 2 is 1.80 bits per heavy atom. The number of benzene rings is 3. The number of carbonyl (C=O) groups is 1. The molecule has 0 radical (unpaired) electrons. The molecular formula is C23H22BrN3O2S. The fraction of sp³-hybridized carbons (Fsp3) is 0.217. The maximum Gasteiger partial charge on any atom is 0.263 e. The molecule has 0 fully saturated rings. The quantitative estimate of drug-likeness (QED) is 0.366. The van der Waals surface area contributed by atoms with E-state index >= 15 is 0 Å². The summed E-state index contributed by atoms with van der Waals surface area (Å²) in [5.74, 6) is 0.454. The molecule has 0 aliphatic carbocycles. The summed E-state index contributed by atoms with van der Waals surface area (Å²) in [6.07, 6.45) is 0. The Kier molecular flexibility index (Phi) is 6.04. The van der Waals surface area contributed by atoms with Crippen molar-refractivity contribution in [2.24, 2.45) is 0 Å². The Balaban J connectivity index is 1.80. The number of fused-ring (bicyclic) bond motifs is 2. The summed E-state index contributed by atoms with van der Waals surface area (Å²) in [5.41, 5.74) is 1.42. The van der Waals surface area contributed by atoms with Crippen LogP contribution in [0.3, 0.4) is 0 Å². The number of carbonyl (C=O) groups excluding carboxylic acids is 1. The second-order valence-corrected chi connectivity index (χ2v) is 9.19. The number of rotatable bonds is 6. The van der Waals surface area contributed by atoms with Crippen molar-refractivity contribution < 1.29 is 9.53 Å². The zero-order valence-electron chi connectivity index (χ0n) is 17.1. The molecule has 1 amide bonds. The number of anilines is 1. The summed E-state index contributed by atoms with van der Waals surface area (Å²) in [6, 6.07) is 17.7. The Hall–Kier alpha value is -2.48. The van der Waals surface area contributed by atoms with Crippen molar-refractivity contribution in [3.05, 3.63) is 64.6 Å². The molecule has 0 saturated carbocycles. The standard InChI is InChI=1S/C23H22BrN3O2S/c1-26(2)10-11-27(23-25-19-9-8-17(24)14-21(19)30-23)22(28)18-12-15-6-4-5-7-16(15)13-20(18)29-3/h4-9,12-14H,10-11H2,1-3H3. The smallest absolute Gasteiger partial charge is 0.263 e. The van der Waals surface area contributed by atoms with Crippen LogP contribution in [0.25, 0.3) is 21.0 Å². The monoisotopic (exact) mass is 483 g/mol. The van der Waals surface area contributed by atoms with Gasteiger partial charge in [-0.15, -0.1) is 0 Å². The van der Waals surface area contributed by atoms with Gasteiger partial charge in [-0.05, 0) is 55.2 Å². The molecule has 7 heteroatoms. The molecule has 0 aliphatic heterocycles. The van der Waals surface area contributed by atoms with E-state index in [4.69, 9.17) is 9.72 Å². The molecule has 0 atom stereocenters. The lowest BCUT2D eigenvalue weighted by atomic mass is 10.0. The lowest BCUT2D eigenvalue weighted by Crippen LogP contribution is -2.37. The van der Waals surface area contributed by atoms with Gasteiger partial charge >= 0.3 is 0 Å². The highest BCUT2D eigenvalue weighted by Crippen LogP contribution is 2.33. The second-order valence-electron chi connectivity index (χ2n) is 7.27. The van der Waals surface area contributed by atoms with Crippen molar-refractivity contribution in [3.8, 4) is 5.75 Å². The third-order valence-electron chi connectivity index (χ3n) is 4.88. The summed E-state index contributed by atoms with van der Waals surface area (Å²) < 4.78 is 7.61. The van der Waals surface area contributed by atoms with Crippen LogP contribution >= 0.6 is 27.3 Å². The normalized spacial score (nSPS) is 11.4. The van der Waals surface area contributed by atoms with Gasteiger partial charge in [-0.25, -0.2) is 4.98 Å². The van der Waals surface area contributed by atoms with Crippen molar-refractivity contribution in [2.45, 2.75) is 0 Å². The number of hydrogen-bond donors (Lipinski definition) is 0. The van der Waals surface area contributed by atoms with E-state index in [0.29, 0.717) is 23.0 Å². The molecule has 154 valence electrons. The van der Waals surface area contributed by atoms with Gasteiger partial charge in [0.1, 0.15) is 5.75 Å². The Bertz CT molecular complexity index is 1220. The van der Waals surface area contributed by atoms with Crippen LogP contribution in [-0.4, -0.2) is 50.1 Å². The van der Waals surface area contributed by atoms with Crippen LogP contribution in [0.2, 0.25) is 0 Å². The van der Waals surface area contributed by atoms with Gasteiger partial charge in [0.05, 0.1) is 22.9 Å². The summed E-state index contributed by atoms with van der Waals surface area (Å²) in [5, 5.41) is 2.73. The van der Waals surface area contributed by atoms with Crippen molar-refractivity contribution in [3.63, 3.8) is 0 Å². The van der Waals surface area contributed by atoms with E-state index < -0.39 is 0 Å². The second kappa shape index (κ2) is 8.71. The van der Waals surface area contributed by atoms with Crippen LogP contribution in [0.5, 0.6) is 5.75 Å². The number of methoxy groups -OCH3 is 1. The van der Waals surface area contributed by atoms with Gasteiger partial charge in [-0.2, -0.15) is 0 Å². The third kappa shape index (κ3) is 4.19. The maximum atomic E-state index is 13.7. The summed E-state index contributed by atoms with van der Waals surface area (Å²) >= 11 is 5.03. The van der Waals surface area contributed by atoms with E-state index in [0.717, 1.165) is 32.0 Å². The molecule has 4 rings (SSSR count). The molecule has 0 saturated heterocycles. The number of halogens is 1. The zero-order chi connectivity index (χ0) is 21.3. The molecule has 0 bridgehead atoms. The first-order valence-corrected chi connectivity index (χ1v) is 11.2. The first kappa shape index (κ1) is 20.8. The first-order chi connectivity index (χ1) is 14.5. The Labute approximate surface area is 188 Å². The van der Waals surface area contributed by atoms with Gasteiger partial charge in [0.15, 0.2) is 5.13 Å². The van der Waals surface area contributed by atoms with Crippen LogP contribution < -0.4 is 9.64 Å². The van der Waals surface area contributed by atoms with Crippen LogP contribution in [0.15, 0.2) is 59.1 Å². The van der Waals surface area contributed by atoms with E-state index in [-0.39, 0.29) is 5.91 Å². The maximum absolute atomic E-state index is 13.7. The number of ether oxygens (including phenoxy) is 1. The fourth-order valence-corrected chi connectivity index (χ4v) is 4.83. The number of aromatic nitrogens is 1. The fourth-order valence-electron chi connectivity index (χ4n) is 3.29. The van der Waals surface area contributed by atoms with Gasteiger partial charge < -0.3 is 9.64 Å². The molecule has 0 aliphatic rings. The average molecular weight is 484 g/mol. The minimum Gasteiger partial charge on any atom is -0.496 e. The summed E-state index contributed by atoms with van der Waals surface area (Å²) in [6.45, 7) is 1.25. The average Bonchev–Trinajstić information content (AvgIpc) is 3.15.